The Morgan fingerprint density at radius 3 is 2.48 bits per heavy atom. The Morgan fingerprint density at radius 1 is 1.00 bits per heavy atom. The Bertz CT molecular complexity index is 773. The Labute approximate surface area is 179 Å². The van der Waals surface area contributed by atoms with Crippen molar-refractivity contribution in [3.8, 4) is 0 Å². The molecule has 156 valence electrons. The molecule has 3 rings (SSSR count). The smallest absolute Gasteiger partial charge is 0.220 e. The first-order chi connectivity index (χ1) is 14.1. The molecule has 1 fully saturated rings. The van der Waals surface area contributed by atoms with Crippen molar-refractivity contribution < 1.29 is 4.79 Å². The van der Waals surface area contributed by atoms with E-state index in [0.29, 0.717) is 6.42 Å². The van der Waals surface area contributed by atoms with E-state index in [9.17, 15) is 4.79 Å². The number of piperazine rings is 1. The second-order valence-electron chi connectivity index (χ2n) is 7.71. The van der Waals surface area contributed by atoms with Crippen LogP contribution < -0.4 is 10.2 Å². The molecule has 0 saturated carbocycles. The van der Waals surface area contributed by atoms with Crippen LogP contribution in [0.25, 0.3) is 0 Å². The van der Waals surface area contributed by atoms with Crippen LogP contribution in [0.5, 0.6) is 0 Å². The van der Waals surface area contributed by atoms with Gasteiger partial charge in [-0.3, -0.25) is 9.69 Å². The maximum absolute atomic E-state index is 12.1. The number of nitrogens with zero attached hydrogens (tertiary/aromatic N) is 2. The summed E-state index contributed by atoms with van der Waals surface area (Å²) in [6.45, 7) is 10.4. The third-order valence-electron chi connectivity index (χ3n) is 5.54. The molecule has 2 aromatic rings. The summed E-state index contributed by atoms with van der Waals surface area (Å²) in [6, 6.07) is 17.1. The molecule has 5 heteroatoms. The maximum atomic E-state index is 12.1. The van der Waals surface area contributed by atoms with E-state index < -0.39 is 0 Å². The highest BCUT2D eigenvalue weighted by Gasteiger charge is 2.16. The number of nitrogens with one attached hydrogen (secondary N) is 1. The first-order valence-electron chi connectivity index (χ1n) is 10.6. The quantitative estimate of drug-likeness (QED) is 0.497. The predicted molar refractivity (Wildman–Crippen MR) is 124 cm³/mol. The van der Waals surface area contributed by atoms with E-state index in [1.165, 1.54) is 21.7 Å². The van der Waals surface area contributed by atoms with Crippen LogP contribution in [0.4, 0.5) is 5.69 Å². The van der Waals surface area contributed by atoms with Gasteiger partial charge in [0.1, 0.15) is 0 Å². The Hall–Kier alpha value is -1.98. The van der Waals surface area contributed by atoms with Gasteiger partial charge in [0.15, 0.2) is 0 Å². The van der Waals surface area contributed by atoms with Crippen molar-refractivity contribution in [2.24, 2.45) is 0 Å². The largest absolute Gasteiger partial charge is 0.369 e. The molecule has 1 aliphatic heterocycles. The minimum atomic E-state index is 0.162. The standard InChI is InChI=1S/C24H33N3OS/c1-20-9-10-23(19-21(20)2)29-18-11-24(28)25-12-6-13-26-14-16-27(17-15-26)22-7-4-3-5-8-22/h3-5,7-10,19H,6,11-18H2,1-2H3,(H,25,28). The Balaban J connectivity index is 1.24. The zero-order valence-corrected chi connectivity index (χ0v) is 18.5. The zero-order valence-electron chi connectivity index (χ0n) is 17.7. The molecule has 29 heavy (non-hydrogen) atoms. The van der Waals surface area contributed by atoms with Crippen LogP contribution in [0.2, 0.25) is 0 Å². The van der Waals surface area contributed by atoms with Gasteiger partial charge in [-0.05, 0) is 62.2 Å². The Morgan fingerprint density at radius 2 is 1.76 bits per heavy atom. The number of carbonyl (C=O) groups is 1. The van der Waals surface area contributed by atoms with Crippen molar-refractivity contribution in [1.29, 1.82) is 0 Å². The lowest BCUT2D eigenvalue weighted by molar-refractivity contribution is -0.120. The van der Waals surface area contributed by atoms with Crippen LogP contribution in [0.3, 0.4) is 0 Å². The summed E-state index contributed by atoms with van der Waals surface area (Å²) in [5, 5.41) is 3.07. The van der Waals surface area contributed by atoms with Crippen molar-refractivity contribution >= 4 is 23.4 Å². The number of rotatable bonds is 9. The molecule has 1 heterocycles. The summed E-state index contributed by atoms with van der Waals surface area (Å²) in [4.78, 5) is 18.3. The van der Waals surface area contributed by atoms with Crippen LogP contribution in [0.15, 0.2) is 53.4 Å². The lowest BCUT2D eigenvalue weighted by Crippen LogP contribution is -2.47. The second kappa shape index (κ2) is 11.3. The van der Waals surface area contributed by atoms with E-state index in [2.05, 4.69) is 77.5 Å². The van der Waals surface area contributed by atoms with E-state index in [4.69, 9.17) is 0 Å². The summed E-state index contributed by atoms with van der Waals surface area (Å²) < 4.78 is 0. The summed E-state index contributed by atoms with van der Waals surface area (Å²) >= 11 is 1.76. The molecule has 0 atom stereocenters. The molecule has 1 amide bonds. The first kappa shape index (κ1) is 21.7. The number of benzene rings is 2. The van der Waals surface area contributed by atoms with Crippen molar-refractivity contribution in [2.75, 3.05) is 49.9 Å². The molecule has 0 radical (unpaired) electrons. The van der Waals surface area contributed by atoms with Gasteiger partial charge in [0.25, 0.3) is 0 Å². The van der Waals surface area contributed by atoms with Crippen molar-refractivity contribution in [3.05, 3.63) is 59.7 Å². The molecule has 1 N–H and O–H groups in total. The van der Waals surface area contributed by atoms with Gasteiger partial charge in [0.2, 0.25) is 5.91 Å². The third kappa shape index (κ3) is 7.09. The number of hydrogen-bond acceptors (Lipinski definition) is 4. The maximum Gasteiger partial charge on any atom is 0.220 e. The topological polar surface area (TPSA) is 35.6 Å². The first-order valence-corrected chi connectivity index (χ1v) is 11.6. The van der Waals surface area contributed by atoms with Crippen LogP contribution in [0.1, 0.15) is 24.0 Å². The van der Waals surface area contributed by atoms with Gasteiger partial charge in [0.05, 0.1) is 0 Å². The molecule has 0 unspecified atom stereocenters. The monoisotopic (exact) mass is 411 g/mol. The normalized spacial score (nSPS) is 14.8. The molecule has 0 aliphatic carbocycles. The lowest BCUT2D eigenvalue weighted by atomic mass is 10.1. The molecule has 1 saturated heterocycles. The van der Waals surface area contributed by atoms with Crippen LogP contribution >= 0.6 is 11.8 Å². The van der Waals surface area contributed by atoms with Gasteiger partial charge in [-0.1, -0.05) is 24.3 Å². The highest BCUT2D eigenvalue weighted by molar-refractivity contribution is 7.99. The molecular formula is C24H33N3OS. The molecule has 4 nitrogen and oxygen atoms in total. The van der Waals surface area contributed by atoms with Gasteiger partial charge in [-0.2, -0.15) is 0 Å². The number of anilines is 1. The van der Waals surface area contributed by atoms with E-state index in [0.717, 1.165) is 51.4 Å². The zero-order chi connectivity index (χ0) is 20.5. The van der Waals surface area contributed by atoms with E-state index in [1.807, 2.05) is 0 Å². The van der Waals surface area contributed by atoms with Crippen molar-refractivity contribution in [1.82, 2.24) is 10.2 Å². The van der Waals surface area contributed by atoms with Gasteiger partial charge >= 0.3 is 0 Å². The fourth-order valence-corrected chi connectivity index (χ4v) is 4.50. The third-order valence-corrected chi connectivity index (χ3v) is 6.54. The summed E-state index contributed by atoms with van der Waals surface area (Å²) in [6.07, 6.45) is 1.59. The van der Waals surface area contributed by atoms with Crippen LogP contribution in [0, 0.1) is 13.8 Å². The van der Waals surface area contributed by atoms with Gasteiger partial charge in [-0.15, -0.1) is 11.8 Å². The summed E-state index contributed by atoms with van der Waals surface area (Å²) in [5.41, 5.74) is 3.94. The number of thioether (sulfide) groups is 1. The van der Waals surface area contributed by atoms with Gasteiger partial charge in [0, 0.05) is 55.5 Å². The molecule has 0 spiro atoms. The van der Waals surface area contributed by atoms with Crippen molar-refractivity contribution in [3.63, 3.8) is 0 Å². The lowest BCUT2D eigenvalue weighted by Gasteiger charge is -2.36. The van der Waals surface area contributed by atoms with E-state index in [-0.39, 0.29) is 5.91 Å². The summed E-state index contributed by atoms with van der Waals surface area (Å²) in [7, 11) is 0. The van der Waals surface area contributed by atoms with Gasteiger partial charge < -0.3 is 10.2 Å². The molecule has 2 aromatic carbocycles. The number of amides is 1. The molecule has 0 bridgehead atoms. The molecule has 1 aliphatic rings. The Kier molecular flexibility index (Phi) is 8.44. The number of carbonyl (C=O) groups excluding carboxylic acids is 1. The number of para-hydroxylation sites is 1. The minimum Gasteiger partial charge on any atom is -0.369 e. The van der Waals surface area contributed by atoms with Crippen molar-refractivity contribution in [2.45, 2.75) is 31.6 Å². The average Bonchev–Trinajstić information content (AvgIpc) is 2.75. The fraction of sp³-hybridized carbons (Fsp3) is 0.458. The molecular weight excluding hydrogens is 378 g/mol. The minimum absolute atomic E-state index is 0.162. The number of aryl methyl sites for hydroxylation is 2. The summed E-state index contributed by atoms with van der Waals surface area (Å²) in [5.74, 6) is 0.991. The van der Waals surface area contributed by atoms with Crippen LogP contribution in [-0.4, -0.2) is 55.8 Å². The highest BCUT2D eigenvalue weighted by Crippen LogP contribution is 2.21. The fourth-order valence-electron chi connectivity index (χ4n) is 3.55. The second-order valence-corrected chi connectivity index (χ2v) is 8.88. The predicted octanol–water partition coefficient (Wildman–Crippen LogP) is 4.11. The van der Waals surface area contributed by atoms with E-state index in [1.54, 1.807) is 11.8 Å². The SMILES string of the molecule is Cc1ccc(SCCC(=O)NCCCN2CCN(c3ccccc3)CC2)cc1C. The van der Waals surface area contributed by atoms with Crippen LogP contribution in [-0.2, 0) is 4.79 Å². The average molecular weight is 412 g/mol. The van der Waals surface area contributed by atoms with E-state index >= 15 is 0 Å². The highest BCUT2D eigenvalue weighted by atomic mass is 32.2. The number of hydrogen-bond donors (Lipinski definition) is 1. The molecule has 0 aromatic heterocycles. The van der Waals surface area contributed by atoms with Gasteiger partial charge in [-0.25, -0.2) is 0 Å².